The van der Waals surface area contributed by atoms with Gasteiger partial charge in [-0.05, 0) is 44.2 Å². The van der Waals surface area contributed by atoms with Gasteiger partial charge in [0.1, 0.15) is 0 Å². The van der Waals surface area contributed by atoms with Gasteiger partial charge >= 0.3 is 0 Å². The maximum absolute atomic E-state index is 10.4. The minimum absolute atomic E-state index is 0.121. The zero-order chi connectivity index (χ0) is 10.9. The Bertz CT molecular complexity index is 209. The highest BCUT2D eigenvalue weighted by atomic mass is 16.3. The molecule has 1 heterocycles. The molecule has 2 heteroatoms. The Morgan fingerprint density at radius 3 is 2.40 bits per heavy atom. The molecule has 2 aliphatic rings. The van der Waals surface area contributed by atoms with Crippen molar-refractivity contribution in [3.63, 3.8) is 0 Å². The van der Waals surface area contributed by atoms with Crippen LogP contribution in [0.5, 0.6) is 0 Å². The Hall–Kier alpha value is -0.0800. The molecule has 1 saturated carbocycles. The quantitative estimate of drug-likeness (QED) is 0.720. The normalized spacial score (nSPS) is 37.8. The summed E-state index contributed by atoms with van der Waals surface area (Å²) in [7, 11) is 0. The van der Waals surface area contributed by atoms with Crippen molar-refractivity contribution in [2.24, 2.45) is 5.41 Å². The van der Waals surface area contributed by atoms with Crippen molar-refractivity contribution in [2.45, 2.75) is 64.5 Å². The first-order chi connectivity index (χ1) is 7.11. The monoisotopic (exact) mass is 211 g/mol. The molecule has 0 aromatic rings. The van der Waals surface area contributed by atoms with E-state index < -0.39 is 0 Å². The SMILES string of the molecule is CC1(C)CCCC(N2CCCCC2)C1O. The summed E-state index contributed by atoms with van der Waals surface area (Å²) >= 11 is 0. The molecule has 0 aromatic heterocycles. The van der Waals surface area contributed by atoms with Gasteiger partial charge < -0.3 is 5.11 Å². The second kappa shape index (κ2) is 4.42. The van der Waals surface area contributed by atoms with Crippen molar-refractivity contribution in [3.8, 4) is 0 Å². The predicted octanol–water partition coefficient (Wildman–Crippen LogP) is 2.41. The minimum atomic E-state index is -0.121. The molecule has 1 N–H and O–H groups in total. The molecular weight excluding hydrogens is 186 g/mol. The van der Waals surface area contributed by atoms with E-state index in [0.29, 0.717) is 6.04 Å². The fraction of sp³-hybridized carbons (Fsp3) is 1.00. The highest BCUT2D eigenvalue weighted by molar-refractivity contribution is 4.93. The Labute approximate surface area is 93.7 Å². The molecule has 0 spiro atoms. The molecule has 15 heavy (non-hydrogen) atoms. The van der Waals surface area contributed by atoms with Gasteiger partial charge in [0.05, 0.1) is 6.10 Å². The number of hydrogen-bond donors (Lipinski definition) is 1. The van der Waals surface area contributed by atoms with Crippen molar-refractivity contribution >= 4 is 0 Å². The lowest BCUT2D eigenvalue weighted by molar-refractivity contribution is -0.0615. The molecule has 1 aliphatic heterocycles. The number of aliphatic hydroxyl groups is 1. The number of nitrogens with zero attached hydrogens (tertiary/aromatic N) is 1. The van der Waals surface area contributed by atoms with Crippen LogP contribution in [0.2, 0.25) is 0 Å². The fourth-order valence-corrected chi connectivity index (χ4v) is 3.23. The lowest BCUT2D eigenvalue weighted by atomic mass is 9.72. The van der Waals surface area contributed by atoms with Crippen LogP contribution in [0.4, 0.5) is 0 Å². The van der Waals surface area contributed by atoms with Crippen LogP contribution in [0.3, 0.4) is 0 Å². The molecule has 1 aliphatic carbocycles. The van der Waals surface area contributed by atoms with Gasteiger partial charge in [0.25, 0.3) is 0 Å². The third-order valence-corrected chi connectivity index (χ3v) is 4.35. The van der Waals surface area contributed by atoms with E-state index in [0.717, 1.165) is 0 Å². The van der Waals surface area contributed by atoms with Crippen LogP contribution in [0.15, 0.2) is 0 Å². The number of hydrogen-bond acceptors (Lipinski definition) is 2. The molecule has 0 radical (unpaired) electrons. The molecule has 0 bridgehead atoms. The van der Waals surface area contributed by atoms with Gasteiger partial charge in [0.2, 0.25) is 0 Å². The van der Waals surface area contributed by atoms with Crippen molar-refractivity contribution in [1.29, 1.82) is 0 Å². The van der Waals surface area contributed by atoms with Crippen LogP contribution in [0.25, 0.3) is 0 Å². The predicted molar refractivity (Wildman–Crippen MR) is 62.9 cm³/mol. The van der Waals surface area contributed by atoms with Crippen molar-refractivity contribution in [1.82, 2.24) is 4.90 Å². The van der Waals surface area contributed by atoms with Crippen LogP contribution < -0.4 is 0 Å². The first kappa shape index (κ1) is 11.4. The Morgan fingerprint density at radius 1 is 1.07 bits per heavy atom. The molecule has 2 nitrogen and oxygen atoms in total. The molecule has 2 unspecified atom stereocenters. The maximum atomic E-state index is 10.4. The molecule has 88 valence electrons. The lowest BCUT2D eigenvalue weighted by Gasteiger charge is -2.46. The average Bonchev–Trinajstić information content (AvgIpc) is 2.23. The summed E-state index contributed by atoms with van der Waals surface area (Å²) in [5.41, 5.74) is 0.125. The zero-order valence-electron chi connectivity index (χ0n) is 10.2. The van der Waals surface area contributed by atoms with Gasteiger partial charge in [-0.1, -0.05) is 26.7 Å². The average molecular weight is 211 g/mol. The fourth-order valence-electron chi connectivity index (χ4n) is 3.23. The van der Waals surface area contributed by atoms with Crippen molar-refractivity contribution < 1.29 is 5.11 Å². The summed E-state index contributed by atoms with van der Waals surface area (Å²) in [5, 5.41) is 10.4. The lowest BCUT2D eigenvalue weighted by Crippen LogP contribution is -2.53. The molecular formula is C13H25NO. The largest absolute Gasteiger partial charge is 0.391 e. The van der Waals surface area contributed by atoms with Crippen LogP contribution in [-0.4, -0.2) is 35.2 Å². The molecule has 2 rings (SSSR count). The standard InChI is InChI=1S/C13H25NO/c1-13(2)8-6-7-11(12(13)15)14-9-4-3-5-10-14/h11-12,15H,3-10H2,1-2H3. The van der Waals surface area contributed by atoms with Gasteiger partial charge in [-0.15, -0.1) is 0 Å². The van der Waals surface area contributed by atoms with Gasteiger partial charge in [0.15, 0.2) is 0 Å². The third-order valence-electron chi connectivity index (χ3n) is 4.35. The number of aliphatic hydroxyl groups excluding tert-OH is 1. The number of rotatable bonds is 1. The second-order valence-corrected chi connectivity index (χ2v) is 5.99. The number of likely N-dealkylation sites (tertiary alicyclic amines) is 1. The Kier molecular flexibility index (Phi) is 3.36. The smallest absolute Gasteiger partial charge is 0.0746 e. The Balaban J connectivity index is 2.00. The molecule has 0 amide bonds. The first-order valence-corrected chi connectivity index (χ1v) is 6.53. The third kappa shape index (κ3) is 2.36. The second-order valence-electron chi connectivity index (χ2n) is 5.99. The summed E-state index contributed by atoms with van der Waals surface area (Å²) in [6.45, 7) is 6.84. The molecule has 1 saturated heterocycles. The van der Waals surface area contributed by atoms with E-state index in [4.69, 9.17) is 0 Å². The van der Waals surface area contributed by atoms with E-state index in [1.807, 2.05) is 0 Å². The van der Waals surface area contributed by atoms with Crippen LogP contribution >= 0.6 is 0 Å². The van der Waals surface area contributed by atoms with E-state index in [9.17, 15) is 5.11 Å². The van der Waals surface area contributed by atoms with Crippen LogP contribution in [-0.2, 0) is 0 Å². The summed E-state index contributed by atoms with van der Waals surface area (Å²) in [6, 6.07) is 0.439. The van der Waals surface area contributed by atoms with E-state index in [-0.39, 0.29) is 11.5 Å². The summed E-state index contributed by atoms with van der Waals surface area (Å²) in [6.07, 6.45) is 7.56. The number of piperidine rings is 1. The van der Waals surface area contributed by atoms with Crippen LogP contribution in [0.1, 0.15) is 52.4 Å². The minimum Gasteiger partial charge on any atom is -0.391 e. The first-order valence-electron chi connectivity index (χ1n) is 6.53. The zero-order valence-corrected chi connectivity index (χ0v) is 10.2. The summed E-state index contributed by atoms with van der Waals surface area (Å²) in [4.78, 5) is 2.54. The Morgan fingerprint density at radius 2 is 1.73 bits per heavy atom. The van der Waals surface area contributed by atoms with Crippen LogP contribution in [0, 0.1) is 5.41 Å². The van der Waals surface area contributed by atoms with Gasteiger partial charge in [-0.3, -0.25) is 4.90 Å². The maximum Gasteiger partial charge on any atom is 0.0746 e. The summed E-state index contributed by atoms with van der Waals surface area (Å²) in [5.74, 6) is 0. The molecule has 0 aromatic carbocycles. The van der Waals surface area contributed by atoms with Crippen molar-refractivity contribution in [3.05, 3.63) is 0 Å². The highest BCUT2D eigenvalue weighted by Crippen LogP contribution is 2.38. The van der Waals surface area contributed by atoms with Gasteiger partial charge in [-0.25, -0.2) is 0 Å². The van der Waals surface area contributed by atoms with Crippen molar-refractivity contribution in [2.75, 3.05) is 13.1 Å². The van der Waals surface area contributed by atoms with Gasteiger partial charge in [0, 0.05) is 6.04 Å². The topological polar surface area (TPSA) is 23.5 Å². The van der Waals surface area contributed by atoms with E-state index in [1.54, 1.807) is 0 Å². The van der Waals surface area contributed by atoms with E-state index >= 15 is 0 Å². The summed E-state index contributed by atoms with van der Waals surface area (Å²) < 4.78 is 0. The molecule has 2 atom stereocenters. The van der Waals surface area contributed by atoms with Gasteiger partial charge in [-0.2, -0.15) is 0 Å². The molecule has 2 fully saturated rings. The highest BCUT2D eigenvalue weighted by Gasteiger charge is 2.40. The van der Waals surface area contributed by atoms with E-state index in [1.165, 1.54) is 51.6 Å². The van der Waals surface area contributed by atoms with E-state index in [2.05, 4.69) is 18.7 Å².